The number of aromatic nitrogens is 4. The monoisotopic (exact) mass is 292 g/mol. The van der Waals surface area contributed by atoms with Gasteiger partial charge in [0.15, 0.2) is 11.2 Å². The molecule has 2 aromatic rings. The summed E-state index contributed by atoms with van der Waals surface area (Å²) in [4.78, 5) is 29.0. The summed E-state index contributed by atoms with van der Waals surface area (Å²) in [5, 5.41) is 0. The number of ether oxygens (including phenoxy) is 1. The van der Waals surface area contributed by atoms with E-state index in [2.05, 4.69) is 4.98 Å². The van der Waals surface area contributed by atoms with E-state index in [1.165, 1.54) is 9.13 Å². The molecule has 0 aliphatic carbocycles. The van der Waals surface area contributed by atoms with Crippen molar-refractivity contribution in [1.29, 1.82) is 0 Å². The van der Waals surface area contributed by atoms with Gasteiger partial charge >= 0.3 is 5.69 Å². The minimum absolute atomic E-state index is 0.199. The van der Waals surface area contributed by atoms with Crippen LogP contribution < -0.4 is 11.2 Å². The van der Waals surface area contributed by atoms with Crippen molar-refractivity contribution in [3.63, 3.8) is 0 Å². The molecule has 0 saturated carbocycles. The van der Waals surface area contributed by atoms with E-state index in [9.17, 15) is 9.59 Å². The SMILES string of the molecule is CC1OCCC1CCn1c(=O)c2c(ncn2C)n(C)c1=O. The molecule has 0 aromatic carbocycles. The zero-order valence-corrected chi connectivity index (χ0v) is 12.6. The molecule has 1 saturated heterocycles. The first kappa shape index (κ1) is 14.1. The van der Waals surface area contributed by atoms with Gasteiger partial charge < -0.3 is 9.30 Å². The molecule has 3 rings (SSSR count). The minimum atomic E-state index is -0.308. The Labute approximate surface area is 121 Å². The van der Waals surface area contributed by atoms with Gasteiger partial charge in [-0.3, -0.25) is 13.9 Å². The van der Waals surface area contributed by atoms with E-state index in [0.717, 1.165) is 19.4 Å². The lowest BCUT2D eigenvalue weighted by atomic mass is 9.99. The molecule has 21 heavy (non-hydrogen) atoms. The van der Waals surface area contributed by atoms with E-state index in [1.54, 1.807) is 25.0 Å². The predicted octanol–water partition coefficient (Wildman–Crippen LogP) is 0.249. The summed E-state index contributed by atoms with van der Waals surface area (Å²) in [6.45, 7) is 3.23. The zero-order valence-electron chi connectivity index (χ0n) is 12.6. The molecule has 0 amide bonds. The molecule has 1 aliphatic rings. The van der Waals surface area contributed by atoms with Crippen LogP contribution in [0.2, 0.25) is 0 Å². The lowest BCUT2D eigenvalue weighted by molar-refractivity contribution is 0.102. The second-order valence-electron chi connectivity index (χ2n) is 5.74. The first-order valence-electron chi connectivity index (χ1n) is 7.23. The molecule has 114 valence electrons. The summed E-state index contributed by atoms with van der Waals surface area (Å²) in [6, 6.07) is 0. The van der Waals surface area contributed by atoms with Gasteiger partial charge in [0.2, 0.25) is 0 Å². The number of hydrogen-bond acceptors (Lipinski definition) is 4. The number of nitrogens with zero attached hydrogens (tertiary/aromatic N) is 4. The van der Waals surface area contributed by atoms with E-state index in [1.807, 2.05) is 6.92 Å². The Morgan fingerprint density at radius 1 is 1.38 bits per heavy atom. The Balaban J connectivity index is 2.00. The van der Waals surface area contributed by atoms with Crippen LogP contribution in [0.1, 0.15) is 19.8 Å². The van der Waals surface area contributed by atoms with Crippen LogP contribution in [0.4, 0.5) is 0 Å². The number of imidazole rings is 1. The van der Waals surface area contributed by atoms with Crippen LogP contribution in [0.15, 0.2) is 15.9 Å². The zero-order chi connectivity index (χ0) is 15.1. The summed E-state index contributed by atoms with van der Waals surface area (Å²) in [5.74, 6) is 0.406. The van der Waals surface area contributed by atoms with Gasteiger partial charge in [0.1, 0.15) is 0 Å². The van der Waals surface area contributed by atoms with Crippen molar-refractivity contribution in [3.8, 4) is 0 Å². The van der Waals surface area contributed by atoms with Crippen LogP contribution in [0.3, 0.4) is 0 Å². The highest BCUT2D eigenvalue weighted by atomic mass is 16.5. The Kier molecular flexibility index (Phi) is 3.44. The van der Waals surface area contributed by atoms with E-state index in [-0.39, 0.29) is 17.4 Å². The predicted molar refractivity (Wildman–Crippen MR) is 78.4 cm³/mol. The largest absolute Gasteiger partial charge is 0.378 e. The molecular formula is C14H20N4O3. The highest BCUT2D eigenvalue weighted by Crippen LogP contribution is 2.23. The summed E-state index contributed by atoms with van der Waals surface area (Å²) >= 11 is 0. The summed E-state index contributed by atoms with van der Waals surface area (Å²) in [5.41, 5.74) is 0.326. The molecule has 3 heterocycles. The number of fused-ring (bicyclic) bond motifs is 1. The average molecular weight is 292 g/mol. The van der Waals surface area contributed by atoms with Crippen LogP contribution in [-0.4, -0.2) is 31.4 Å². The maximum absolute atomic E-state index is 12.5. The van der Waals surface area contributed by atoms with Gasteiger partial charge in [0.25, 0.3) is 5.56 Å². The normalized spacial score (nSPS) is 22.2. The fourth-order valence-corrected chi connectivity index (χ4v) is 3.04. The molecule has 0 spiro atoms. The minimum Gasteiger partial charge on any atom is -0.378 e. The number of aryl methyl sites for hydroxylation is 2. The van der Waals surface area contributed by atoms with Gasteiger partial charge in [-0.1, -0.05) is 0 Å². The van der Waals surface area contributed by atoms with E-state index < -0.39 is 0 Å². The van der Waals surface area contributed by atoms with Crippen molar-refractivity contribution in [2.75, 3.05) is 6.61 Å². The van der Waals surface area contributed by atoms with Crippen LogP contribution in [0.5, 0.6) is 0 Å². The standard InChI is InChI=1S/C14H20N4O3/c1-9-10(5-7-21-9)4-6-18-13(19)11-12(15-8-16(11)2)17(3)14(18)20/h8-10H,4-7H2,1-3H3. The van der Waals surface area contributed by atoms with Gasteiger partial charge in [-0.25, -0.2) is 9.78 Å². The molecule has 1 fully saturated rings. The van der Waals surface area contributed by atoms with Gasteiger partial charge in [-0.2, -0.15) is 0 Å². The second-order valence-corrected chi connectivity index (χ2v) is 5.74. The molecule has 7 heteroatoms. The summed E-state index contributed by atoms with van der Waals surface area (Å²) in [6.07, 6.45) is 3.53. The Bertz CT molecular complexity index is 786. The lowest BCUT2D eigenvalue weighted by Gasteiger charge is -2.15. The second kappa shape index (κ2) is 5.14. The van der Waals surface area contributed by atoms with Crippen molar-refractivity contribution in [1.82, 2.24) is 18.7 Å². The fraction of sp³-hybridized carbons (Fsp3) is 0.643. The van der Waals surface area contributed by atoms with Gasteiger partial charge in [0, 0.05) is 27.2 Å². The van der Waals surface area contributed by atoms with Crippen molar-refractivity contribution in [3.05, 3.63) is 27.2 Å². The van der Waals surface area contributed by atoms with Gasteiger partial charge in [0.05, 0.1) is 12.4 Å². The molecule has 2 unspecified atom stereocenters. The summed E-state index contributed by atoms with van der Waals surface area (Å²) in [7, 11) is 3.41. The number of rotatable bonds is 3. The van der Waals surface area contributed by atoms with Crippen LogP contribution in [0.25, 0.3) is 11.2 Å². The highest BCUT2D eigenvalue weighted by Gasteiger charge is 2.24. The van der Waals surface area contributed by atoms with Crippen molar-refractivity contribution < 1.29 is 4.74 Å². The Morgan fingerprint density at radius 2 is 2.14 bits per heavy atom. The average Bonchev–Trinajstić information content (AvgIpc) is 3.03. The Morgan fingerprint density at radius 3 is 2.81 bits per heavy atom. The molecule has 2 atom stereocenters. The highest BCUT2D eigenvalue weighted by molar-refractivity contribution is 5.69. The van der Waals surface area contributed by atoms with Gasteiger partial charge in [-0.05, 0) is 25.7 Å². The third kappa shape index (κ3) is 2.21. The van der Waals surface area contributed by atoms with Crippen molar-refractivity contribution in [2.24, 2.45) is 20.0 Å². The van der Waals surface area contributed by atoms with Crippen LogP contribution in [0, 0.1) is 5.92 Å². The summed E-state index contributed by atoms with van der Waals surface area (Å²) < 4.78 is 9.94. The molecule has 0 radical (unpaired) electrons. The van der Waals surface area contributed by atoms with Crippen LogP contribution in [-0.2, 0) is 25.4 Å². The first-order valence-corrected chi connectivity index (χ1v) is 7.23. The van der Waals surface area contributed by atoms with Crippen molar-refractivity contribution >= 4 is 11.2 Å². The maximum Gasteiger partial charge on any atom is 0.332 e. The molecule has 1 aliphatic heterocycles. The lowest BCUT2D eigenvalue weighted by Crippen LogP contribution is -2.40. The Hall–Kier alpha value is -1.89. The molecule has 0 bridgehead atoms. The maximum atomic E-state index is 12.5. The fourth-order valence-electron chi connectivity index (χ4n) is 3.04. The van der Waals surface area contributed by atoms with Crippen molar-refractivity contribution in [2.45, 2.75) is 32.4 Å². The quantitative estimate of drug-likeness (QED) is 0.813. The molecule has 2 aromatic heterocycles. The van der Waals surface area contributed by atoms with Crippen LogP contribution >= 0.6 is 0 Å². The van der Waals surface area contributed by atoms with E-state index in [4.69, 9.17) is 4.74 Å². The van der Waals surface area contributed by atoms with Gasteiger partial charge in [-0.15, -0.1) is 0 Å². The molecular weight excluding hydrogens is 272 g/mol. The number of hydrogen-bond donors (Lipinski definition) is 0. The first-order chi connectivity index (χ1) is 10.0. The van der Waals surface area contributed by atoms with E-state index >= 15 is 0 Å². The molecule has 7 nitrogen and oxygen atoms in total. The third-order valence-electron chi connectivity index (χ3n) is 4.46. The smallest absolute Gasteiger partial charge is 0.332 e. The molecule has 0 N–H and O–H groups in total. The third-order valence-corrected chi connectivity index (χ3v) is 4.46. The topological polar surface area (TPSA) is 71.1 Å². The van der Waals surface area contributed by atoms with E-state index in [0.29, 0.717) is 23.6 Å².